The van der Waals surface area contributed by atoms with E-state index in [9.17, 15) is 8.78 Å². The van der Waals surface area contributed by atoms with Crippen molar-refractivity contribution in [1.82, 2.24) is 4.90 Å². The van der Waals surface area contributed by atoms with Crippen molar-refractivity contribution in [3.8, 4) is 0 Å². The van der Waals surface area contributed by atoms with Crippen LogP contribution in [0.4, 0.5) is 8.78 Å². The number of benzene rings is 1. The molecular formula is C15H13ClF2NY-. The number of alkyl halides is 2. The van der Waals surface area contributed by atoms with Gasteiger partial charge in [-0.25, -0.2) is 8.78 Å². The molecule has 0 N–H and O–H groups in total. The van der Waals surface area contributed by atoms with Gasteiger partial charge in [-0.05, 0) is 17.7 Å². The summed E-state index contributed by atoms with van der Waals surface area (Å²) in [5, 5.41) is 0.330. The van der Waals surface area contributed by atoms with Gasteiger partial charge in [0.2, 0.25) is 0 Å². The molecule has 20 heavy (non-hydrogen) atoms. The first-order chi connectivity index (χ1) is 8.99. The summed E-state index contributed by atoms with van der Waals surface area (Å²) in [6.07, 6.45) is 2.03. The van der Waals surface area contributed by atoms with Crippen LogP contribution in [0, 0.1) is 13.0 Å². The minimum atomic E-state index is -2.47. The molecule has 1 aliphatic heterocycles. The topological polar surface area (TPSA) is 3.24 Å². The zero-order chi connectivity index (χ0) is 14.0. The van der Waals surface area contributed by atoms with Crippen LogP contribution in [0.3, 0.4) is 0 Å². The van der Waals surface area contributed by atoms with Gasteiger partial charge in [-0.3, -0.25) is 0 Å². The van der Waals surface area contributed by atoms with E-state index in [4.69, 9.17) is 11.6 Å². The quantitative estimate of drug-likeness (QED) is 0.716. The number of aryl methyl sites for hydroxylation is 1. The molecule has 1 aliphatic rings. The van der Waals surface area contributed by atoms with Crippen molar-refractivity contribution in [1.29, 1.82) is 0 Å². The van der Waals surface area contributed by atoms with Gasteiger partial charge in [-0.2, -0.15) is 23.8 Å². The van der Waals surface area contributed by atoms with E-state index in [-0.39, 0.29) is 32.7 Å². The Hall–Kier alpha value is -0.506. The van der Waals surface area contributed by atoms with Gasteiger partial charge in [0.05, 0.1) is 6.54 Å². The van der Waals surface area contributed by atoms with Gasteiger partial charge in [-0.1, -0.05) is 35.5 Å². The van der Waals surface area contributed by atoms with Crippen LogP contribution in [0.5, 0.6) is 0 Å². The number of nitrogens with zero attached hydrogens (tertiary/aromatic N) is 1. The summed E-state index contributed by atoms with van der Waals surface area (Å²) < 4.78 is 25.4. The first-order valence-electron chi connectivity index (χ1n) is 5.80. The van der Waals surface area contributed by atoms with E-state index in [0.29, 0.717) is 16.4 Å². The molecule has 0 fully saturated rings. The van der Waals surface area contributed by atoms with Crippen molar-refractivity contribution >= 4 is 17.3 Å². The normalized spacial score (nSPS) is 14.8. The van der Waals surface area contributed by atoms with E-state index in [0.717, 1.165) is 11.1 Å². The summed E-state index contributed by atoms with van der Waals surface area (Å²) in [7, 11) is 0. The van der Waals surface area contributed by atoms with Crippen LogP contribution in [0.25, 0.3) is 5.70 Å². The third kappa shape index (κ3) is 4.00. The Labute approximate surface area is 147 Å². The standard InChI is InChI=1S/C15H13ClF2N.Y/c1-10-3-5-12(6-4-10)14-8-7-13(16)11(2)19(14)9-15(17)18;/h3-7,15H,2,9H2,1H3;/q-1;. The van der Waals surface area contributed by atoms with Crippen LogP contribution in [0.1, 0.15) is 11.1 Å². The van der Waals surface area contributed by atoms with Crippen LogP contribution in [-0.2, 0) is 32.7 Å². The molecule has 1 aromatic carbocycles. The minimum absolute atomic E-state index is 0. The van der Waals surface area contributed by atoms with Crippen LogP contribution in [0.15, 0.2) is 47.6 Å². The van der Waals surface area contributed by atoms with Crippen molar-refractivity contribution < 1.29 is 41.5 Å². The Balaban J connectivity index is 0.00000200. The molecule has 5 heteroatoms. The fourth-order valence-electron chi connectivity index (χ4n) is 1.85. The molecule has 0 bridgehead atoms. The number of hydrogen-bond donors (Lipinski definition) is 0. The average Bonchev–Trinajstić information content (AvgIpc) is 2.36. The number of allylic oxidation sites excluding steroid dienone is 3. The first kappa shape index (κ1) is 17.5. The maximum atomic E-state index is 12.7. The summed E-state index contributed by atoms with van der Waals surface area (Å²) in [6, 6.07) is 7.59. The molecule has 1 heterocycles. The molecule has 0 atom stereocenters. The molecule has 1 aromatic rings. The fourth-order valence-corrected chi connectivity index (χ4v) is 2.00. The van der Waals surface area contributed by atoms with Gasteiger partial charge in [0.1, 0.15) is 0 Å². The van der Waals surface area contributed by atoms with Crippen molar-refractivity contribution in [2.24, 2.45) is 0 Å². The summed E-state index contributed by atoms with van der Waals surface area (Å²) in [4.78, 5) is 1.40. The Morgan fingerprint density at radius 3 is 2.45 bits per heavy atom. The Bertz CT molecular complexity index is 549. The van der Waals surface area contributed by atoms with E-state index in [2.05, 4.69) is 12.7 Å². The van der Waals surface area contributed by atoms with Gasteiger partial charge in [0.15, 0.2) is 0 Å². The minimum Gasteiger partial charge on any atom is -0.368 e. The Morgan fingerprint density at radius 2 is 1.90 bits per heavy atom. The molecule has 0 unspecified atom stereocenters. The second-order valence-electron chi connectivity index (χ2n) is 4.30. The zero-order valence-corrected chi connectivity index (χ0v) is 14.6. The molecule has 0 saturated heterocycles. The van der Waals surface area contributed by atoms with Crippen molar-refractivity contribution in [3.63, 3.8) is 0 Å². The van der Waals surface area contributed by atoms with E-state index < -0.39 is 13.0 Å². The summed E-state index contributed by atoms with van der Waals surface area (Å²) >= 11 is 5.92. The number of hydrogen-bond acceptors (Lipinski definition) is 1. The van der Waals surface area contributed by atoms with Crippen LogP contribution >= 0.6 is 11.6 Å². The molecule has 0 aromatic heterocycles. The van der Waals surface area contributed by atoms with Gasteiger partial charge in [-0.15, -0.1) is 12.1 Å². The maximum absolute atomic E-state index is 12.7. The van der Waals surface area contributed by atoms with Gasteiger partial charge >= 0.3 is 0 Å². The SMILES string of the molecule is C=C1C(Cl)=C[C-]=C(c2ccc(C)cc2)N1CC(F)F.[Y]. The molecule has 0 amide bonds. The average molecular weight is 370 g/mol. The van der Waals surface area contributed by atoms with Crippen molar-refractivity contribution in [2.75, 3.05) is 6.54 Å². The van der Waals surface area contributed by atoms with E-state index in [1.807, 2.05) is 31.2 Å². The zero-order valence-electron chi connectivity index (χ0n) is 11.0. The molecule has 0 saturated carbocycles. The van der Waals surface area contributed by atoms with Crippen LogP contribution < -0.4 is 0 Å². The Morgan fingerprint density at radius 1 is 1.30 bits per heavy atom. The molecule has 103 valence electrons. The van der Waals surface area contributed by atoms with Crippen molar-refractivity contribution in [3.05, 3.63) is 64.9 Å². The molecule has 1 radical (unpaired) electrons. The fraction of sp³-hybridized carbons (Fsp3) is 0.200. The monoisotopic (exact) mass is 369 g/mol. The molecule has 2 rings (SSSR count). The third-order valence-electron chi connectivity index (χ3n) is 2.85. The summed E-state index contributed by atoms with van der Waals surface area (Å²) in [5.74, 6) is 0. The molecular weight excluding hydrogens is 357 g/mol. The van der Waals surface area contributed by atoms with Crippen molar-refractivity contribution in [2.45, 2.75) is 13.3 Å². The first-order valence-corrected chi connectivity index (χ1v) is 6.18. The predicted molar refractivity (Wildman–Crippen MR) is 73.6 cm³/mol. The second kappa shape index (κ2) is 7.49. The third-order valence-corrected chi connectivity index (χ3v) is 3.18. The van der Waals surface area contributed by atoms with E-state index >= 15 is 0 Å². The smallest absolute Gasteiger partial charge is 0.256 e. The van der Waals surface area contributed by atoms with Crippen LogP contribution in [0.2, 0.25) is 0 Å². The van der Waals surface area contributed by atoms with E-state index in [1.165, 1.54) is 4.90 Å². The van der Waals surface area contributed by atoms with Gasteiger partial charge in [0, 0.05) is 32.7 Å². The summed E-state index contributed by atoms with van der Waals surface area (Å²) in [6.45, 7) is 5.28. The molecule has 1 nitrogen and oxygen atoms in total. The van der Waals surface area contributed by atoms with Gasteiger partial charge < -0.3 is 4.90 Å². The van der Waals surface area contributed by atoms with Gasteiger partial charge in [0.25, 0.3) is 6.43 Å². The Kier molecular flexibility index (Phi) is 6.57. The van der Waals surface area contributed by atoms with Crippen LogP contribution in [-0.4, -0.2) is 17.9 Å². The second-order valence-corrected chi connectivity index (χ2v) is 4.71. The molecule has 0 spiro atoms. The predicted octanol–water partition coefficient (Wildman–Crippen LogP) is 4.35. The summed E-state index contributed by atoms with van der Waals surface area (Å²) in [5.41, 5.74) is 2.85. The maximum Gasteiger partial charge on any atom is 0.256 e. The number of halogens is 3. The largest absolute Gasteiger partial charge is 0.368 e. The van der Waals surface area contributed by atoms with E-state index in [1.54, 1.807) is 6.08 Å². The number of rotatable bonds is 3. The molecule has 0 aliphatic carbocycles.